The molecule has 0 spiro atoms. The highest BCUT2D eigenvalue weighted by Gasteiger charge is 2.18. The van der Waals surface area contributed by atoms with Crippen LogP contribution in [0.15, 0.2) is 24.3 Å². The van der Waals surface area contributed by atoms with Crippen molar-refractivity contribution in [3.8, 4) is 0 Å². The van der Waals surface area contributed by atoms with E-state index in [9.17, 15) is 9.59 Å². The molecular formula is C39H72O4. The Morgan fingerprint density at radius 3 is 1.26 bits per heavy atom. The number of hydrogen-bond acceptors (Lipinski definition) is 4. The summed E-state index contributed by atoms with van der Waals surface area (Å²) < 4.78 is 11.3. The zero-order chi connectivity index (χ0) is 31.5. The normalized spacial score (nSPS) is 12.3. The van der Waals surface area contributed by atoms with Gasteiger partial charge in [0.25, 0.3) is 0 Å². The van der Waals surface area contributed by atoms with Crippen molar-refractivity contribution in [2.75, 3.05) is 0 Å². The standard InChI is InChI=1S/C39H72O4/c1-4-7-10-13-15-17-19-20-21-22-23-24-26-29-32-35-38(41)43-39(42-37(40)34-31-28-12-9-6-3)36-33-30-27-25-18-16-14-11-8-5-2/h15,17,20-21,39H,4-14,16,18-19,22-36H2,1-3H3/b17-15+,21-20+. The molecule has 0 fully saturated rings. The van der Waals surface area contributed by atoms with Crippen molar-refractivity contribution in [2.45, 2.75) is 213 Å². The van der Waals surface area contributed by atoms with E-state index >= 15 is 0 Å². The summed E-state index contributed by atoms with van der Waals surface area (Å²) in [5.41, 5.74) is 0. The van der Waals surface area contributed by atoms with Crippen molar-refractivity contribution in [3.05, 3.63) is 24.3 Å². The molecule has 1 unspecified atom stereocenters. The third-order valence-electron chi connectivity index (χ3n) is 8.14. The van der Waals surface area contributed by atoms with E-state index in [1.54, 1.807) is 0 Å². The second kappa shape index (κ2) is 34.9. The molecule has 0 aromatic rings. The van der Waals surface area contributed by atoms with E-state index in [1.165, 1.54) is 103 Å². The molecule has 0 aliphatic carbocycles. The van der Waals surface area contributed by atoms with Gasteiger partial charge in [-0.25, -0.2) is 0 Å². The Hall–Kier alpha value is -1.58. The number of carbonyl (C=O) groups is 2. The van der Waals surface area contributed by atoms with Crippen LogP contribution in [-0.4, -0.2) is 18.2 Å². The first kappa shape index (κ1) is 41.4. The molecule has 4 heteroatoms. The molecule has 0 aromatic heterocycles. The van der Waals surface area contributed by atoms with Crippen LogP contribution in [0.25, 0.3) is 0 Å². The molecule has 0 saturated carbocycles. The molecule has 1 atom stereocenters. The van der Waals surface area contributed by atoms with Crippen LogP contribution in [0, 0.1) is 0 Å². The minimum absolute atomic E-state index is 0.224. The molecule has 0 rings (SSSR count). The fourth-order valence-electron chi connectivity index (χ4n) is 5.31. The Balaban J connectivity index is 4.13. The summed E-state index contributed by atoms with van der Waals surface area (Å²) in [4.78, 5) is 25.0. The van der Waals surface area contributed by atoms with Crippen LogP contribution >= 0.6 is 0 Å². The lowest BCUT2D eigenvalue weighted by molar-refractivity contribution is -0.189. The SMILES string of the molecule is CCCCC/C=C/C/C=C/CCCCCCCC(=O)OC(CCCCCCCCCCCC)OC(=O)CCCCCCC. The number of ether oxygens (including phenoxy) is 2. The van der Waals surface area contributed by atoms with Gasteiger partial charge in [0, 0.05) is 19.3 Å². The van der Waals surface area contributed by atoms with Gasteiger partial charge in [-0.15, -0.1) is 0 Å². The molecule has 0 aliphatic heterocycles. The minimum atomic E-state index is -0.720. The van der Waals surface area contributed by atoms with Gasteiger partial charge >= 0.3 is 11.9 Å². The van der Waals surface area contributed by atoms with Gasteiger partial charge in [0.1, 0.15) is 0 Å². The van der Waals surface area contributed by atoms with Crippen molar-refractivity contribution in [1.82, 2.24) is 0 Å². The fourth-order valence-corrected chi connectivity index (χ4v) is 5.31. The van der Waals surface area contributed by atoms with E-state index in [-0.39, 0.29) is 11.9 Å². The maximum absolute atomic E-state index is 12.6. The summed E-state index contributed by atoms with van der Waals surface area (Å²) in [5.74, 6) is -0.447. The Labute approximate surface area is 268 Å². The van der Waals surface area contributed by atoms with Gasteiger partial charge in [-0.3, -0.25) is 9.59 Å². The summed E-state index contributed by atoms with van der Waals surface area (Å²) in [7, 11) is 0. The molecule has 0 saturated heterocycles. The Bertz CT molecular complexity index is 654. The van der Waals surface area contributed by atoms with E-state index in [1.807, 2.05) is 0 Å². The van der Waals surface area contributed by atoms with Gasteiger partial charge in [-0.2, -0.15) is 0 Å². The molecule has 0 aromatic carbocycles. The van der Waals surface area contributed by atoms with Gasteiger partial charge in [-0.1, -0.05) is 161 Å². The molecule has 0 radical (unpaired) electrons. The van der Waals surface area contributed by atoms with Gasteiger partial charge in [0.05, 0.1) is 0 Å². The number of hydrogen-bond donors (Lipinski definition) is 0. The molecule has 43 heavy (non-hydrogen) atoms. The summed E-state index contributed by atoms with van der Waals surface area (Å²) >= 11 is 0. The molecule has 252 valence electrons. The van der Waals surface area contributed by atoms with Crippen molar-refractivity contribution in [2.24, 2.45) is 0 Å². The lowest BCUT2D eigenvalue weighted by atomic mass is 10.1. The quantitative estimate of drug-likeness (QED) is 0.0323. The van der Waals surface area contributed by atoms with E-state index in [0.29, 0.717) is 19.3 Å². The van der Waals surface area contributed by atoms with Crippen LogP contribution in [0.1, 0.15) is 207 Å². The van der Waals surface area contributed by atoms with Crippen LogP contribution < -0.4 is 0 Å². The highest BCUT2D eigenvalue weighted by Crippen LogP contribution is 2.16. The Kier molecular flexibility index (Phi) is 33.6. The number of esters is 2. The van der Waals surface area contributed by atoms with Crippen molar-refractivity contribution >= 4 is 11.9 Å². The maximum atomic E-state index is 12.6. The fraction of sp³-hybridized carbons (Fsp3) is 0.846. The summed E-state index contributed by atoms with van der Waals surface area (Å²) in [6, 6.07) is 0. The highest BCUT2D eigenvalue weighted by molar-refractivity contribution is 5.71. The number of carbonyl (C=O) groups excluding carboxylic acids is 2. The highest BCUT2D eigenvalue weighted by atomic mass is 16.7. The van der Waals surface area contributed by atoms with E-state index in [0.717, 1.165) is 64.2 Å². The third-order valence-corrected chi connectivity index (χ3v) is 8.14. The first-order chi connectivity index (χ1) is 21.1. The minimum Gasteiger partial charge on any atom is -0.425 e. The van der Waals surface area contributed by atoms with Gasteiger partial charge in [-0.05, 0) is 51.4 Å². The number of unbranched alkanes of at least 4 members (excludes halogenated alkanes) is 21. The molecule has 4 nitrogen and oxygen atoms in total. The average molecular weight is 605 g/mol. The average Bonchev–Trinajstić information content (AvgIpc) is 2.99. The zero-order valence-electron chi connectivity index (χ0n) is 29.0. The molecular weight excluding hydrogens is 532 g/mol. The van der Waals surface area contributed by atoms with Crippen LogP contribution in [0.2, 0.25) is 0 Å². The summed E-state index contributed by atoms with van der Waals surface area (Å²) in [6.07, 6.45) is 40.6. The molecule has 0 bridgehead atoms. The largest absolute Gasteiger partial charge is 0.425 e. The third kappa shape index (κ3) is 33.2. The molecule has 0 N–H and O–H groups in total. The van der Waals surface area contributed by atoms with Gasteiger partial charge < -0.3 is 9.47 Å². The monoisotopic (exact) mass is 605 g/mol. The van der Waals surface area contributed by atoms with Crippen molar-refractivity contribution in [1.29, 1.82) is 0 Å². The molecule has 0 heterocycles. The number of allylic oxidation sites excluding steroid dienone is 4. The van der Waals surface area contributed by atoms with Crippen LogP contribution in [-0.2, 0) is 19.1 Å². The first-order valence-corrected chi connectivity index (χ1v) is 18.8. The second-order valence-electron chi connectivity index (χ2n) is 12.5. The van der Waals surface area contributed by atoms with E-state index in [4.69, 9.17) is 9.47 Å². The predicted molar refractivity (Wildman–Crippen MR) is 185 cm³/mol. The molecule has 0 aliphatic rings. The van der Waals surface area contributed by atoms with E-state index < -0.39 is 6.29 Å². The predicted octanol–water partition coefficient (Wildman–Crippen LogP) is 12.9. The summed E-state index contributed by atoms with van der Waals surface area (Å²) in [5, 5.41) is 0. The summed E-state index contributed by atoms with van der Waals surface area (Å²) in [6.45, 7) is 6.69. The Morgan fingerprint density at radius 1 is 0.442 bits per heavy atom. The van der Waals surface area contributed by atoms with Crippen molar-refractivity contribution < 1.29 is 19.1 Å². The topological polar surface area (TPSA) is 52.6 Å². The van der Waals surface area contributed by atoms with Gasteiger partial charge in [0.15, 0.2) is 0 Å². The zero-order valence-corrected chi connectivity index (χ0v) is 29.0. The molecule has 0 amide bonds. The smallest absolute Gasteiger partial charge is 0.308 e. The Morgan fingerprint density at radius 2 is 0.791 bits per heavy atom. The lowest BCUT2D eigenvalue weighted by Gasteiger charge is -2.18. The van der Waals surface area contributed by atoms with Crippen molar-refractivity contribution in [3.63, 3.8) is 0 Å². The lowest BCUT2D eigenvalue weighted by Crippen LogP contribution is -2.24. The second-order valence-corrected chi connectivity index (χ2v) is 12.5. The van der Waals surface area contributed by atoms with Gasteiger partial charge in [0.2, 0.25) is 6.29 Å². The maximum Gasteiger partial charge on any atom is 0.308 e. The van der Waals surface area contributed by atoms with Crippen LogP contribution in [0.4, 0.5) is 0 Å². The van der Waals surface area contributed by atoms with Crippen LogP contribution in [0.3, 0.4) is 0 Å². The number of rotatable bonds is 33. The van der Waals surface area contributed by atoms with Crippen LogP contribution in [0.5, 0.6) is 0 Å². The first-order valence-electron chi connectivity index (χ1n) is 18.8. The van der Waals surface area contributed by atoms with E-state index in [2.05, 4.69) is 45.1 Å².